The number of piperidine rings is 1. The molecule has 2 N–H and O–H groups in total. The highest BCUT2D eigenvalue weighted by Gasteiger charge is 2.55. The molecule has 3 heterocycles. The van der Waals surface area contributed by atoms with Crippen molar-refractivity contribution in [2.75, 3.05) is 39.5 Å². The topological polar surface area (TPSA) is 114 Å². The van der Waals surface area contributed by atoms with Crippen molar-refractivity contribution in [1.29, 1.82) is 0 Å². The lowest BCUT2D eigenvalue weighted by atomic mass is 9.98. The first-order chi connectivity index (χ1) is 11.0. The molecule has 0 atom stereocenters. The second-order valence-electron chi connectivity index (χ2n) is 6.06. The van der Waals surface area contributed by atoms with Crippen LogP contribution in [0.15, 0.2) is 0 Å². The second kappa shape index (κ2) is 6.26. The van der Waals surface area contributed by atoms with Gasteiger partial charge in [0.2, 0.25) is 10.0 Å². The molecule has 0 bridgehead atoms. The maximum absolute atomic E-state index is 13.1. The van der Waals surface area contributed by atoms with Crippen LogP contribution in [-0.2, 0) is 29.0 Å². The van der Waals surface area contributed by atoms with Gasteiger partial charge >= 0.3 is 0 Å². The number of carbonyl (C=O) groups is 1. The van der Waals surface area contributed by atoms with Crippen LogP contribution in [0.25, 0.3) is 0 Å². The van der Waals surface area contributed by atoms with Gasteiger partial charge in [-0.25, -0.2) is 18.2 Å². The van der Waals surface area contributed by atoms with Crippen LogP contribution in [0, 0.1) is 0 Å². The molecule has 3 fully saturated rings. The van der Waals surface area contributed by atoms with Crippen LogP contribution in [0.5, 0.6) is 0 Å². The van der Waals surface area contributed by atoms with Crippen LogP contribution in [0.3, 0.4) is 0 Å². The van der Waals surface area contributed by atoms with Crippen LogP contribution >= 0.6 is 0 Å². The smallest absolute Gasteiger partial charge is 0.266 e. The van der Waals surface area contributed by atoms with Crippen molar-refractivity contribution >= 4 is 15.9 Å². The molecule has 9 nitrogen and oxygen atoms in total. The predicted octanol–water partition coefficient (Wildman–Crippen LogP) is -0.790. The monoisotopic (exact) mass is 350 g/mol. The van der Waals surface area contributed by atoms with E-state index in [9.17, 15) is 13.2 Å². The first-order valence-corrected chi connectivity index (χ1v) is 9.20. The number of hydroxylamine groups is 1. The van der Waals surface area contributed by atoms with E-state index in [0.29, 0.717) is 26.1 Å². The van der Waals surface area contributed by atoms with Crippen molar-refractivity contribution in [3.05, 3.63) is 0 Å². The average molecular weight is 350 g/mol. The van der Waals surface area contributed by atoms with E-state index in [1.807, 2.05) is 0 Å². The Morgan fingerprint density at radius 1 is 1.00 bits per heavy atom. The number of hydrogen-bond donors (Lipinski definition) is 2. The van der Waals surface area contributed by atoms with Gasteiger partial charge in [0.05, 0.1) is 13.2 Å². The Morgan fingerprint density at radius 2 is 1.57 bits per heavy atom. The van der Waals surface area contributed by atoms with Gasteiger partial charge in [-0.3, -0.25) is 10.0 Å². The van der Waals surface area contributed by atoms with Crippen molar-refractivity contribution in [3.63, 3.8) is 0 Å². The van der Waals surface area contributed by atoms with Gasteiger partial charge in [0, 0.05) is 52.0 Å². The van der Waals surface area contributed by atoms with Crippen LogP contribution in [0.4, 0.5) is 0 Å². The Hall–Kier alpha value is -0.780. The zero-order valence-electron chi connectivity index (χ0n) is 12.8. The predicted molar refractivity (Wildman–Crippen MR) is 77.1 cm³/mol. The largest absolute Gasteiger partial charge is 0.381 e. The third kappa shape index (κ3) is 2.77. The number of carbonyl (C=O) groups excluding carboxylic acids is 1. The van der Waals surface area contributed by atoms with Gasteiger partial charge in [-0.2, -0.15) is 0 Å². The standard InChI is InChI=1S/C13H22N2O7S/c16-11(14-17)12(3-7-20-8-4-12)23(18,19)15-5-1-13(2-6-15)21-9-10-22-13/h17H,1-10H2,(H,14,16). The number of hydrogen-bond acceptors (Lipinski definition) is 7. The number of ether oxygens (including phenoxy) is 3. The summed E-state index contributed by atoms with van der Waals surface area (Å²) in [6, 6.07) is 0. The van der Waals surface area contributed by atoms with Crippen LogP contribution in [-0.4, -0.2) is 73.9 Å². The maximum atomic E-state index is 13.1. The number of rotatable bonds is 3. The van der Waals surface area contributed by atoms with E-state index in [-0.39, 0.29) is 39.1 Å². The molecule has 3 aliphatic heterocycles. The number of amides is 1. The molecule has 3 aliphatic rings. The van der Waals surface area contributed by atoms with E-state index in [1.165, 1.54) is 9.79 Å². The summed E-state index contributed by atoms with van der Waals surface area (Å²) in [5, 5.41) is 9.02. The Kier molecular flexibility index (Phi) is 4.64. The van der Waals surface area contributed by atoms with Crippen molar-refractivity contribution in [2.24, 2.45) is 0 Å². The summed E-state index contributed by atoms with van der Waals surface area (Å²) >= 11 is 0. The second-order valence-corrected chi connectivity index (χ2v) is 8.31. The molecule has 0 aromatic heterocycles. The Balaban J connectivity index is 1.80. The van der Waals surface area contributed by atoms with Crippen molar-refractivity contribution in [1.82, 2.24) is 9.79 Å². The zero-order valence-corrected chi connectivity index (χ0v) is 13.6. The first kappa shape index (κ1) is 17.1. The van der Waals surface area contributed by atoms with Gasteiger partial charge in [-0.1, -0.05) is 0 Å². The van der Waals surface area contributed by atoms with Crippen LogP contribution in [0.1, 0.15) is 25.7 Å². The summed E-state index contributed by atoms with van der Waals surface area (Å²) in [6.07, 6.45) is 0.909. The summed E-state index contributed by atoms with van der Waals surface area (Å²) in [5.74, 6) is -1.58. The number of nitrogens with zero attached hydrogens (tertiary/aromatic N) is 1. The fraction of sp³-hybridized carbons (Fsp3) is 0.923. The lowest BCUT2D eigenvalue weighted by molar-refractivity contribution is -0.179. The molecule has 0 aliphatic carbocycles. The summed E-state index contributed by atoms with van der Waals surface area (Å²) in [5.41, 5.74) is 1.52. The molecule has 23 heavy (non-hydrogen) atoms. The summed E-state index contributed by atoms with van der Waals surface area (Å²) < 4.78 is 42.2. The maximum Gasteiger partial charge on any atom is 0.266 e. The third-order valence-corrected chi connectivity index (χ3v) is 7.57. The molecule has 0 saturated carbocycles. The van der Waals surface area contributed by atoms with E-state index in [2.05, 4.69) is 0 Å². The number of nitrogens with one attached hydrogen (secondary N) is 1. The molecular formula is C13H22N2O7S. The highest BCUT2D eigenvalue weighted by molar-refractivity contribution is 7.91. The first-order valence-electron chi connectivity index (χ1n) is 7.76. The molecule has 0 unspecified atom stereocenters. The molecule has 1 amide bonds. The highest BCUT2D eigenvalue weighted by Crippen LogP contribution is 2.37. The molecule has 132 valence electrons. The summed E-state index contributed by atoms with van der Waals surface area (Å²) in [4.78, 5) is 12.2. The zero-order chi connectivity index (χ0) is 16.6. The van der Waals surface area contributed by atoms with Crippen LogP contribution < -0.4 is 5.48 Å². The average Bonchev–Trinajstić information content (AvgIpc) is 3.03. The molecular weight excluding hydrogens is 328 g/mol. The van der Waals surface area contributed by atoms with E-state index >= 15 is 0 Å². The SMILES string of the molecule is O=C(NO)C1(S(=O)(=O)N2CCC3(CC2)OCCO3)CCOCC1. The Bertz CT molecular complexity index is 543. The Morgan fingerprint density at radius 3 is 2.09 bits per heavy atom. The van der Waals surface area contributed by atoms with Gasteiger partial charge in [-0.05, 0) is 0 Å². The highest BCUT2D eigenvalue weighted by atomic mass is 32.2. The Labute approximate surface area is 134 Å². The van der Waals surface area contributed by atoms with Gasteiger partial charge in [0.1, 0.15) is 0 Å². The fourth-order valence-corrected chi connectivity index (χ4v) is 5.63. The quantitative estimate of drug-likeness (QED) is 0.506. The number of sulfonamides is 1. The van der Waals surface area contributed by atoms with E-state index in [0.717, 1.165) is 0 Å². The minimum Gasteiger partial charge on any atom is -0.381 e. The minimum absolute atomic E-state index is 0.0242. The van der Waals surface area contributed by atoms with Gasteiger partial charge in [0.15, 0.2) is 10.5 Å². The molecule has 3 saturated heterocycles. The fourth-order valence-electron chi connectivity index (χ4n) is 3.51. The van der Waals surface area contributed by atoms with E-state index in [1.54, 1.807) is 0 Å². The van der Waals surface area contributed by atoms with Gasteiger partial charge < -0.3 is 14.2 Å². The van der Waals surface area contributed by atoms with Gasteiger partial charge in [-0.15, -0.1) is 0 Å². The van der Waals surface area contributed by atoms with Crippen molar-refractivity contribution in [2.45, 2.75) is 36.2 Å². The van der Waals surface area contributed by atoms with Gasteiger partial charge in [0.25, 0.3) is 5.91 Å². The van der Waals surface area contributed by atoms with Crippen molar-refractivity contribution < 1.29 is 32.6 Å². The van der Waals surface area contributed by atoms with Crippen molar-refractivity contribution in [3.8, 4) is 0 Å². The molecule has 1 spiro atoms. The third-order valence-electron chi connectivity index (χ3n) is 4.95. The van der Waals surface area contributed by atoms with Crippen LogP contribution in [0.2, 0.25) is 0 Å². The van der Waals surface area contributed by atoms with E-state index < -0.39 is 26.5 Å². The molecule has 0 aromatic rings. The van der Waals surface area contributed by atoms with E-state index in [4.69, 9.17) is 19.4 Å². The lowest BCUT2D eigenvalue weighted by Crippen LogP contribution is -2.61. The molecule has 3 rings (SSSR count). The molecule has 0 radical (unpaired) electrons. The summed E-state index contributed by atoms with van der Waals surface area (Å²) in [6.45, 7) is 1.81. The molecule has 0 aromatic carbocycles. The normalized spacial score (nSPS) is 27.9. The summed E-state index contributed by atoms with van der Waals surface area (Å²) in [7, 11) is -3.93. The minimum atomic E-state index is -3.93. The molecule has 10 heteroatoms. The lowest BCUT2D eigenvalue weighted by Gasteiger charge is -2.42.